The Bertz CT molecular complexity index is 1420. The van der Waals surface area contributed by atoms with Gasteiger partial charge in [0, 0.05) is 47.5 Å². The minimum atomic E-state index is -0.783. The number of hydrogen-bond donors (Lipinski definition) is 2. The molecule has 6 rings (SSSR count). The number of nitrogens with zero attached hydrogens (tertiary/aromatic N) is 5. The Morgan fingerprint density at radius 1 is 1.16 bits per heavy atom. The molecule has 5 aromatic rings. The predicted molar refractivity (Wildman–Crippen MR) is 125 cm³/mol. The van der Waals surface area contributed by atoms with E-state index in [1.807, 2.05) is 29.2 Å². The molecule has 32 heavy (non-hydrogen) atoms. The number of hydrogen-bond acceptors (Lipinski definition) is 6. The number of aliphatic hydroxyl groups is 1. The lowest BCUT2D eigenvalue weighted by atomic mass is 9.81. The zero-order chi connectivity index (χ0) is 21.7. The monoisotopic (exact) mass is 462 g/mol. The maximum Gasteiger partial charge on any atom is 0.138 e. The molecule has 0 radical (unpaired) electrons. The predicted octanol–water partition coefficient (Wildman–Crippen LogP) is 5.02. The van der Waals surface area contributed by atoms with E-state index >= 15 is 0 Å². The Hall–Kier alpha value is -3.07. The molecule has 1 fully saturated rings. The molecule has 7 nitrogen and oxygen atoms in total. The average Bonchev–Trinajstić information content (AvgIpc) is 3.52. The van der Waals surface area contributed by atoms with Crippen LogP contribution < -0.4 is 0 Å². The third-order valence-corrected chi connectivity index (χ3v) is 7.48. The molecule has 9 heteroatoms. The minimum absolute atomic E-state index is 0.562. The number of nitrogens with one attached hydrogen (secondary N) is 1. The number of H-pyrrole nitrogens is 1. The van der Waals surface area contributed by atoms with Crippen LogP contribution in [0, 0.1) is 0 Å². The molecule has 0 amide bonds. The summed E-state index contributed by atoms with van der Waals surface area (Å²) in [7, 11) is 0. The van der Waals surface area contributed by atoms with Gasteiger partial charge in [-0.15, -0.1) is 11.3 Å². The van der Waals surface area contributed by atoms with E-state index in [2.05, 4.69) is 31.1 Å². The largest absolute Gasteiger partial charge is 0.383 e. The van der Waals surface area contributed by atoms with Gasteiger partial charge < -0.3 is 10.1 Å². The van der Waals surface area contributed by atoms with Crippen molar-refractivity contribution in [3.8, 4) is 21.7 Å². The Morgan fingerprint density at radius 3 is 2.78 bits per heavy atom. The molecule has 0 bridgehead atoms. The number of aromatic nitrogens is 6. The molecule has 160 valence electrons. The number of pyridine rings is 2. The van der Waals surface area contributed by atoms with Gasteiger partial charge in [0.05, 0.1) is 28.3 Å². The van der Waals surface area contributed by atoms with Crippen molar-refractivity contribution in [2.75, 3.05) is 0 Å². The van der Waals surface area contributed by atoms with Crippen LogP contribution in [-0.2, 0) is 12.1 Å². The van der Waals surface area contributed by atoms with Gasteiger partial charge in [-0.3, -0.25) is 9.67 Å². The van der Waals surface area contributed by atoms with Crippen molar-refractivity contribution in [2.24, 2.45) is 0 Å². The van der Waals surface area contributed by atoms with Gasteiger partial charge in [0.25, 0.3) is 0 Å². The Balaban J connectivity index is 1.36. The van der Waals surface area contributed by atoms with Crippen molar-refractivity contribution in [1.82, 2.24) is 29.7 Å². The highest BCUT2D eigenvalue weighted by Crippen LogP contribution is 2.46. The minimum Gasteiger partial charge on any atom is -0.383 e. The van der Waals surface area contributed by atoms with Crippen LogP contribution in [0.2, 0.25) is 5.02 Å². The SMILES string of the molecule is OC1(c2ncc(-c3c(Cl)cnc4[nH]c(-c5cnn(Cc6ccncc6)c5)cc34)s2)CCC1. The lowest BCUT2D eigenvalue weighted by Gasteiger charge is -2.34. The standard InChI is InChI=1S/C23H19ClN6OS/c24-17-10-26-21-16(20(17)19-11-27-22(32-19)23(31)4-1-5-23)8-18(29-21)15-9-28-30(13-15)12-14-2-6-25-7-3-14/h2-3,6-11,13,31H,1,4-5,12H2,(H,26,29). The summed E-state index contributed by atoms with van der Waals surface area (Å²) in [6, 6.07) is 6.01. The van der Waals surface area contributed by atoms with Crippen molar-refractivity contribution in [1.29, 1.82) is 0 Å². The second-order valence-electron chi connectivity index (χ2n) is 8.12. The fourth-order valence-electron chi connectivity index (χ4n) is 4.05. The lowest BCUT2D eigenvalue weighted by molar-refractivity contribution is -0.0389. The summed E-state index contributed by atoms with van der Waals surface area (Å²) in [5, 5.41) is 17.4. The van der Waals surface area contributed by atoms with Gasteiger partial charge in [-0.2, -0.15) is 5.10 Å². The zero-order valence-corrected chi connectivity index (χ0v) is 18.6. The maximum absolute atomic E-state index is 10.7. The summed E-state index contributed by atoms with van der Waals surface area (Å²) < 4.78 is 1.90. The third kappa shape index (κ3) is 3.31. The number of aromatic amines is 1. The summed E-state index contributed by atoms with van der Waals surface area (Å²) in [5.41, 5.74) is 3.87. The van der Waals surface area contributed by atoms with E-state index in [0.29, 0.717) is 11.6 Å². The molecule has 0 atom stereocenters. The molecular formula is C23H19ClN6OS. The van der Waals surface area contributed by atoms with Gasteiger partial charge in [-0.05, 0) is 43.0 Å². The van der Waals surface area contributed by atoms with Crippen LogP contribution in [0.5, 0.6) is 0 Å². The highest BCUT2D eigenvalue weighted by atomic mass is 35.5. The van der Waals surface area contributed by atoms with Crippen molar-refractivity contribution in [3.63, 3.8) is 0 Å². The fourth-order valence-corrected chi connectivity index (χ4v) is 5.49. The number of halogens is 1. The van der Waals surface area contributed by atoms with Gasteiger partial charge in [-0.1, -0.05) is 11.6 Å². The molecule has 5 heterocycles. The van der Waals surface area contributed by atoms with Gasteiger partial charge in [0.1, 0.15) is 16.3 Å². The zero-order valence-electron chi connectivity index (χ0n) is 17.0. The van der Waals surface area contributed by atoms with Crippen molar-refractivity contribution < 1.29 is 5.11 Å². The molecule has 5 aromatic heterocycles. The van der Waals surface area contributed by atoms with Crippen molar-refractivity contribution >= 4 is 34.0 Å². The molecule has 1 aliphatic rings. The van der Waals surface area contributed by atoms with Gasteiger partial charge >= 0.3 is 0 Å². The molecule has 1 aliphatic carbocycles. The molecule has 0 aromatic carbocycles. The highest BCUT2D eigenvalue weighted by Gasteiger charge is 2.39. The number of thiazole rings is 1. The molecule has 0 unspecified atom stereocenters. The summed E-state index contributed by atoms with van der Waals surface area (Å²) in [6.07, 6.45) is 13.4. The van der Waals surface area contributed by atoms with Crippen molar-refractivity contribution in [2.45, 2.75) is 31.4 Å². The maximum atomic E-state index is 10.7. The highest BCUT2D eigenvalue weighted by molar-refractivity contribution is 7.15. The molecule has 2 N–H and O–H groups in total. The van der Waals surface area contributed by atoms with Crippen LogP contribution in [0.3, 0.4) is 0 Å². The smallest absolute Gasteiger partial charge is 0.138 e. The van der Waals surface area contributed by atoms with Crippen LogP contribution in [-0.4, -0.2) is 34.8 Å². The van der Waals surface area contributed by atoms with Crippen LogP contribution >= 0.6 is 22.9 Å². The Kier molecular flexibility index (Phi) is 4.60. The Morgan fingerprint density at radius 2 is 2.00 bits per heavy atom. The first-order valence-electron chi connectivity index (χ1n) is 10.4. The first-order valence-corrected chi connectivity index (χ1v) is 11.6. The summed E-state index contributed by atoms with van der Waals surface area (Å²) in [5.74, 6) is 0. The fraction of sp³-hybridized carbons (Fsp3) is 0.217. The quantitative estimate of drug-likeness (QED) is 0.382. The Labute approximate surface area is 192 Å². The topological polar surface area (TPSA) is 92.5 Å². The van der Waals surface area contributed by atoms with Gasteiger partial charge in [-0.25, -0.2) is 9.97 Å². The normalized spacial score (nSPS) is 15.2. The molecule has 0 aliphatic heterocycles. The van der Waals surface area contributed by atoms with E-state index in [0.717, 1.165) is 62.6 Å². The van der Waals surface area contributed by atoms with E-state index in [9.17, 15) is 5.11 Å². The van der Waals surface area contributed by atoms with E-state index in [-0.39, 0.29) is 0 Å². The van der Waals surface area contributed by atoms with E-state index in [4.69, 9.17) is 11.6 Å². The summed E-state index contributed by atoms with van der Waals surface area (Å²) in [6.45, 7) is 0.671. The van der Waals surface area contributed by atoms with Crippen LogP contribution in [0.4, 0.5) is 0 Å². The summed E-state index contributed by atoms with van der Waals surface area (Å²) in [4.78, 5) is 17.4. The molecule has 1 saturated carbocycles. The first-order chi connectivity index (χ1) is 15.6. The number of rotatable bonds is 5. The lowest BCUT2D eigenvalue weighted by Crippen LogP contribution is -2.33. The van der Waals surface area contributed by atoms with Gasteiger partial charge in [0.15, 0.2) is 0 Å². The second-order valence-corrected chi connectivity index (χ2v) is 9.56. The molecular weight excluding hydrogens is 444 g/mol. The van der Waals surface area contributed by atoms with Gasteiger partial charge in [0.2, 0.25) is 0 Å². The first kappa shape index (κ1) is 19.6. The molecule has 0 spiro atoms. The van der Waals surface area contributed by atoms with Crippen LogP contribution in [0.15, 0.2) is 55.4 Å². The average molecular weight is 463 g/mol. The van der Waals surface area contributed by atoms with Crippen LogP contribution in [0.1, 0.15) is 29.8 Å². The van der Waals surface area contributed by atoms with Crippen LogP contribution in [0.25, 0.3) is 32.7 Å². The summed E-state index contributed by atoms with van der Waals surface area (Å²) >= 11 is 8.08. The van der Waals surface area contributed by atoms with E-state index in [1.54, 1.807) is 24.8 Å². The van der Waals surface area contributed by atoms with Crippen molar-refractivity contribution in [3.05, 3.63) is 71.0 Å². The second kappa shape index (κ2) is 7.51. The van der Waals surface area contributed by atoms with E-state index in [1.165, 1.54) is 11.3 Å². The molecule has 0 saturated heterocycles. The number of fused-ring (bicyclic) bond motifs is 1. The van der Waals surface area contributed by atoms with E-state index < -0.39 is 5.60 Å². The third-order valence-electron chi connectivity index (χ3n) is 5.98.